The van der Waals surface area contributed by atoms with Gasteiger partial charge in [0.25, 0.3) is 0 Å². The number of nitriles is 1. The van der Waals surface area contributed by atoms with Crippen LogP contribution in [0.2, 0.25) is 5.02 Å². The Bertz CT molecular complexity index is 456. The van der Waals surface area contributed by atoms with Crippen molar-refractivity contribution in [3.8, 4) is 6.07 Å². The number of carboxylic acid groups (broad SMARTS) is 1. The minimum absolute atomic E-state index is 0.0409. The first-order chi connectivity index (χ1) is 8.02. The summed E-state index contributed by atoms with van der Waals surface area (Å²) in [4.78, 5) is 10.5. The lowest BCUT2D eigenvalue weighted by molar-refractivity contribution is -0.136. The molecule has 90 valence electrons. The zero-order chi connectivity index (χ0) is 12.8. The number of carboxylic acids is 1. The molecule has 0 aliphatic rings. The van der Waals surface area contributed by atoms with Crippen LogP contribution >= 0.6 is 23.4 Å². The highest BCUT2D eigenvalue weighted by Crippen LogP contribution is 2.25. The quantitative estimate of drug-likeness (QED) is 0.891. The molecule has 5 heteroatoms. The van der Waals surface area contributed by atoms with E-state index in [1.165, 1.54) is 11.8 Å². The Balaban J connectivity index is 2.58. The van der Waals surface area contributed by atoms with Crippen molar-refractivity contribution in [1.29, 1.82) is 5.26 Å². The van der Waals surface area contributed by atoms with Crippen LogP contribution < -0.4 is 0 Å². The average Bonchev–Trinajstić information content (AvgIpc) is 2.26. The normalized spacial score (nSPS) is 11.8. The summed E-state index contributed by atoms with van der Waals surface area (Å²) < 4.78 is 0. The Kier molecular flexibility index (Phi) is 5.33. The summed E-state index contributed by atoms with van der Waals surface area (Å²) in [5, 5.41) is 17.9. The van der Waals surface area contributed by atoms with E-state index in [4.69, 9.17) is 22.0 Å². The van der Waals surface area contributed by atoms with E-state index in [9.17, 15) is 4.79 Å². The molecule has 1 aromatic rings. The van der Waals surface area contributed by atoms with Crippen molar-refractivity contribution in [2.75, 3.05) is 0 Å². The van der Waals surface area contributed by atoms with Crippen LogP contribution in [0.15, 0.2) is 18.2 Å². The van der Waals surface area contributed by atoms with Crippen molar-refractivity contribution in [2.24, 2.45) is 0 Å². The standard InChI is InChI=1S/C12H12ClNO2S/c1-8(4-12(15)16)17-7-10-3-2-9(6-14)5-11(10)13/h2-3,5,8H,4,7H2,1H3,(H,15,16). The molecule has 0 amide bonds. The Morgan fingerprint density at radius 2 is 2.35 bits per heavy atom. The third-order valence-electron chi connectivity index (χ3n) is 2.17. The van der Waals surface area contributed by atoms with Crippen molar-refractivity contribution in [3.63, 3.8) is 0 Å². The molecule has 17 heavy (non-hydrogen) atoms. The van der Waals surface area contributed by atoms with Gasteiger partial charge in [-0.15, -0.1) is 0 Å². The molecular formula is C12H12ClNO2S. The van der Waals surface area contributed by atoms with E-state index in [1.54, 1.807) is 18.2 Å². The molecule has 1 unspecified atom stereocenters. The van der Waals surface area contributed by atoms with Gasteiger partial charge in [-0.25, -0.2) is 0 Å². The number of halogens is 1. The molecule has 0 saturated carbocycles. The van der Waals surface area contributed by atoms with Gasteiger partial charge in [0.1, 0.15) is 0 Å². The van der Waals surface area contributed by atoms with E-state index in [-0.39, 0.29) is 11.7 Å². The molecule has 0 saturated heterocycles. The molecule has 1 N–H and O–H groups in total. The average molecular weight is 270 g/mol. The Morgan fingerprint density at radius 1 is 1.65 bits per heavy atom. The summed E-state index contributed by atoms with van der Waals surface area (Å²) in [7, 11) is 0. The maximum Gasteiger partial charge on any atom is 0.304 e. The van der Waals surface area contributed by atoms with Gasteiger partial charge >= 0.3 is 5.97 Å². The number of carbonyl (C=O) groups is 1. The molecule has 1 atom stereocenters. The first kappa shape index (κ1) is 13.9. The summed E-state index contributed by atoms with van der Waals surface area (Å²) in [5.41, 5.74) is 1.45. The van der Waals surface area contributed by atoms with Gasteiger partial charge in [0.05, 0.1) is 18.1 Å². The summed E-state index contributed by atoms with van der Waals surface area (Å²) in [6.45, 7) is 1.87. The van der Waals surface area contributed by atoms with Crippen LogP contribution in [-0.4, -0.2) is 16.3 Å². The first-order valence-electron chi connectivity index (χ1n) is 5.05. The molecule has 0 spiro atoms. The highest BCUT2D eigenvalue weighted by Gasteiger charge is 2.09. The fourth-order valence-electron chi connectivity index (χ4n) is 1.27. The van der Waals surface area contributed by atoms with Gasteiger partial charge in [0.15, 0.2) is 0 Å². The maximum absolute atomic E-state index is 10.5. The summed E-state index contributed by atoms with van der Waals surface area (Å²) in [6, 6.07) is 7.16. The van der Waals surface area contributed by atoms with Crippen LogP contribution in [0, 0.1) is 11.3 Å². The van der Waals surface area contributed by atoms with E-state index >= 15 is 0 Å². The Labute approximate surface area is 109 Å². The van der Waals surface area contributed by atoms with E-state index < -0.39 is 5.97 Å². The highest BCUT2D eigenvalue weighted by molar-refractivity contribution is 7.99. The van der Waals surface area contributed by atoms with Gasteiger partial charge in [0.2, 0.25) is 0 Å². The lowest BCUT2D eigenvalue weighted by Gasteiger charge is -2.09. The van der Waals surface area contributed by atoms with E-state index in [1.807, 2.05) is 13.0 Å². The number of rotatable bonds is 5. The first-order valence-corrected chi connectivity index (χ1v) is 6.47. The van der Waals surface area contributed by atoms with Gasteiger partial charge in [-0.05, 0) is 17.7 Å². The van der Waals surface area contributed by atoms with Crippen molar-refractivity contribution < 1.29 is 9.90 Å². The van der Waals surface area contributed by atoms with Crippen LogP contribution in [0.5, 0.6) is 0 Å². The fraction of sp³-hybridized carbons (Fsp3) is 0.333. The topological polar surface area (TPSA) is 61.1 Å². The van der Waals surface area contributed by atoms with Crippen molar-refractivity contribution >= 4 is 29.3 Å². The lowest BCUT2D eigenvalue weighted by atomic mass is 10.2. The molecule has 0 aromatic heterocycles. The molecular weight excluding hydrogens is 258 g/mol. The fourth-order valence-corrected chi connectivity index (χ4v) is 2.57. The number of hydrogen-bond acceptors (Lipinski definition) is 3. The second kappa shape index (κ2) is 6.53. The van der Waals surface area contributed by atoms with Crippen LogP contribution in [0.1, 0.15) is 24.5 Å². The Morgan fingerprint density at radius 3 is 2.88 bits per heavy atom. The largest absolute Gasteiger partial charge is 0.481 e. The lowest BCUT2D eigenvalue weighted by Crippen LogP contribution is -2.05. The zero-order valence-electron chi connectivity index (χ0n) is 9.31. The van der Waals surface area contributed by atoms with Crippen molar-refractivity contribution in [3.05, 3.63) is 34.3 Å². The second-order valence-corrected chi connectivity index (χ2v) is 5.47. The summed E-state index contributed by atoms with van der Waals surface area (Å²) >= 11 is 7.55. The van der Waals surface area contributed by atoms with Gasteiger partial charge in [-0.1, -0.05) is 24.6 Å². The predicted molar refractivity (Wildman–Crippen MR) is 69.2 cm³/mol. The molecule has 0 heterocycles. The van der Waals surface area contributed by atoms with E-state index in [0.29, 0.717) is 16.3 Å². The number of thioether (sulfide) groups is 1. The van der Waals surface area contributed by atoms with Crippen LogP contribution in [-0.2, 0) is 10.5 Å². The van der Waals surface area contributed by atoms with Crippen molar-refractivity contribution in [2.45, 2.75) is 24.3 Å². The van der Waals surface area contributed by atoms with Gasteiger partial charge < -0.3 is 5.11 Å². The molecule has 0 fully saturated rings. The maximum atomic E-state index is 10.5. The number of nitrogens with zero attached hydrogens (tertiary/aromatic N) is 1. The van der Waals surface area contributed by atoms with Crippen molar-refractivity contribution in [1.82, 2.24) is 0 Å². The minimum Gasteiger partial charge on any atom is -0.481 e. The van der Waals surface area contributed by atoms with Crippen LogP contribution in [0.4, 0.5) is 0 Å². The second-order valence-electron chi connectivity index (χ2n) is 3.64. The minimum atomic E-state index is -0.795. The number of hydrogen-bond donors (Lipinski definition) is 1. The van der Waals surface area contributed by atoms with Crippen LogP contribution in [0.3, 0.4) is 0 Å². The molecule has 0 aliphatic carbocycles. The SMILES string of the molecule is CC(CC(=O)O)SCc1ccc(C#N)cc1Cl. The molecule has 0 bridgehead atoms. The van der Waals surface area contributed by atoms with Gasteiger partial charge in [0, 0.05) is 16.0 Å². The number of aliphatic carboxylic acids is 1. The molecule has 3 nitrogen and oxygen atoms in total. The Hall–Kier alpha value is -1.18. The highest BCUT2D eigenvalue weighted by atomic mass is 35.5. The summed E-state index contributed by atoms with van der Waals surface area (Å²) in [6.07, 6.45) is 0.137. The smallest absolute Gasteiger partial charge is 0.304 e. The molecule has 1 rings (SSSR count). The van der Waals surface area contributed by atoms with Crippen LogP contribution in [0.25, 0.3) is 0 Å². The third-order valence-corrected chi connectivity index (χ3v) is 3.73. The number of benzene rings is 1. The zero-order valence-corrected chi connectivity index (χ0v) is 10.9. The third kappa shape index (κ3) is 4.68. The predicted octanol–water partition coefficient (Wildman–Crippen LogP) is 3.31. The van der Waals surface area contributed by atoms with E-state index in [2.05, 4.69) is 0 Å². The van der Waals surface area contributed by atoms with Gasteiger partial charge in [-0.3, -0.25) is 4.79 Å². The molecule has 0 radical (unpaired) electrons. The van der Waals surface area contributed by atoms with Gasteiger partial charge in [-0.2, -0.15) is 17.0 Å². The molecule has 0 aliphatic heterocycles. The monoisotopic (exact) mass is 269 g/mol. The summed E-state index contributed by atoms with van der Waals surface area (Å²) in [5.74, 6) is -0.144. The molecule has 1 aromatic carbocycles. The van der Waals surface area contributed by atoms with E-state index in [0.717, 1.165) is 5.56 Å².